The molecule has 0 aromatic carbocycles. The largest absolute Gasteiger partial charge is 0.344 e. The highest BCUT2D eigenvalue weighted by Crippen LogP contribution is 2.27. The number of fused-ring (bicyclic) bond motifs is 8. The van der Waals surface area contributed by atoms with E-state index in [1.54, 1.807) is 0 Å². The third-order valence-corrected chi connectivity index (χ3v) is 10.7. The second kappa shape index (κ2) is 12.5. The van der Waals surface area contributed by atoms with Gasteiger partial charge in [-0.05, 0) is 120 Å². The Bertz CT molecular complexity index is 1700. The molecule has 8 bridgehead atoms. The number of hydrogen-bond acceptors (Lipinski definition) is 0. The Hall–Kier alpha value is -3.40. The van der Waals surface area contributed by atoms with Gasteiger partial charge in [-0.1, -0.05) is 55.4 Å². The van der Waals surface area contributed by atoms with Crippen LogP contribution >= 0.6 is 0 Å². The summed E-state index contributed by atoms with van der Waals surface area (Å²) in [5.74, 6) is 0. The molecule has 0 amide bonds. The second-order valence-corrected chi connectivity index (χ2v) is 12.6. The molecule has 0 unspecified atom stereocenters. The summed E-state index contributed by atoms with van der Waals surface area (Å²) in [6.07, 6.45) is 18.3. The highest BCUT2D eigenvalue weighted by atomic mass is 15.0. The molecule has 44 heavy (non-hydrogen) atoms. The molecule has 4 nitrogen and oxygen atoms in total. The fraction of sp³-hybridized carbons (Fsp3) is 0.500. The van der Waals surface area contributed by atoms with Crippen molar-refractivity contribution in [2.45, 2.75) is 107 Å². The van der Waals surface area contributed by atoms with Gasteiger partial charge in [0.1, 0.15) is 0 Å². The van der Waals surface area contributed by atoms with Crippen molar-refractivity contribution >= 4 is 24.3 Å². The van der Waals surface area contributed by atoms with Crippen LogP contribution in [0.3, 0.4) is 0 Å². The summed E-state index contributed by atoms with van der Waals surface area (Å²) < 4.78 is 9.94. The molecule has 0 N–H and O–H groups in total. The van der Waals surface area contributed by atoms with Crippen LogP contribution in [0.4, 0.5) is 0 Å². The van der Waals surface area contributed by atoms with Gasteiger partial charge in [-0.25, -0.2) is 0 Å². The molecule has 0 saturated heterocycles. The predicted octanol–water partition coefficient (Wildman–Crippen LogP) is 5.17. The summed E-state index contributed by atoms with van der Waals surface area (Å²) in [5, 5.41) is 5.41. The topological polar surface area (TPSA) is 19.7 Å². The summed E-state index contributed by atoms with van der Waals surface area (Å²) in [7, 11) is 9.15. The van der Waals surface area contributed by atoms with Gasteiger partial charge in [0.15, 0.2) is 0 Å². The highest BCUT2D eigenvalue weighted by molar-refractivity contribution is 5.67. The summed E-state index contributed by atoms with van der Waals surface area (Å²) in [6, 6.07) is 0. The highest BCUT2D eigenvalue weighted by Gasteiger charge is 2.22. The SMILES string of the molecule is CCc1c(CC)c2n(C)c1C=c1c(CC)c(CC)c(n1C)=Cc1c(CC)c(CC)c(n1C)C=c1c(CC)c(CC)c(n1C)=C2. The first kappa shape index (κ1) is 32.0. The first-order valence-corrected chi connectivity index (χ1v) is 17.4. The molecule has 0 fully saturated rings. The van der Waals surface area contributed by atoms with Crippen molar-refractivity contribution in [3.63, 3.8) is 0 Å². The van der Waals surface area contributed by atoms with Crippen LogP contribution in [0.5, 0.6) is 0 Å². The van der Waals surface area contributed by atoms with E-state index < -0.39 is 0 Å². The Morgan fingerprint density at radius 3 is 0.636 bits per heavy atom. The molecule has 1 aliphatic rings. The Balaban J connectivity index is 2.14. The van der Waals surface area contributed by atoms with Crippen LogP contribution in [-0.4, -0.2) is 18.3 Å². The van der Waals surface area contributed by atoms with E-state index in [0.29, 0.717) is 0 Å². The monoisotopic (exact) mass is 592 g/mol. The summed E-state index contributed by atoms with van der Waals surface area (Å²) in [6.45, 7) is 18.6. The van der Waals surface area contributed by atoms with E-state index in [2.05, 4.69) is 126 Å². The van der Waals surface area contributed by atoms with Crippen LogP contribution in [0.25, 0.3) is 24.3 Å². The Morgan fingerprint density at radius 2 is 0.477 bits per heavy atom. The maximum atomic E-state index is 2.51. The zero-order valence-corrected chi connectivity index (χ0v) is 29.8. The average molecular weight is 593 g/mol. The van der Waals surface area contributed by atoms with E-state index in [1.807, 2.05) is 0 Å². The van der Waals surface area contributed by atoms with Crippen LogP contribution in [0.15, 0.2) is 0 Å². The number of rotatable bonds is 8. The number of hydrogen-bond donors (Lipinski definition) is 0. The standard InChI is InChI=1S/C40H56N4/c1-13-25-26(14-2)34-22-36-29(17-5)30(18-6)38(43(36)11)24-40-32(20-8)31(19-7)39(44(40)12)23-37-28(16-4)27(15-3)35(42(37)10)21-33(25)41(34)9/h21-24H,13-20H2,1-12H3. The van der Waals surface area contributed by atoms with Crippen LogP contribution in [0.2, 0.25) is 0 Å². The third-order valence-electron chi connectivity index (χ3n) is 10.7. The van der Waals surface area contributed by atoms with Gasteiger partial charge in [-0.3, -0.25) is 0 Å². The van der Waals surface area contributed by atoms with E-state index >= 15 is 0 Å². The van der Waals surface area contributed by atoms with Gasteiger partial charge in [0.25, 0.3) is 0 Å². The molecule has 4 heteroatoms. The molecule has 0 radical (unpaired) electrons. The van der Waals surface area contributed by atoms with Gasteiger partial charge >= 0.3 is 0 Å². The lowest BCUT2D eigenvalue weighted by molar-refractivity contribution is 0.827. The van der Waals surface area contributed by atoms with Gasteiger partial charge in [0.05, 0.1) is 0 Å². The third kappa shape index (κ3) is 4.63. The number of aromatic nitrogens is 4. The molecule has 0 atom stereocenters. The van der Waals surface area contributed by atoms with Gasteiger partial charge in [-0.2, -0.15) is 0 Å². The molecule has 236 valence electrons. The summed E-state index contributed by atoms with van der Waals surface area (Å²) >= 11 is 0. The molecule has 0 saturated carbocycles. The van der Waals surface area contributed by atoms with E-state index in [4.69, 9.17) is 0 Å². The quantitative estimate of drug-likeness (QED) is 0.237. The van der Waals surface area contributed by atoms with Crippen LogP contribution in [-0.2, 0) is 79.6 Å². The lowest BCUT2D eigenvalue weighted by atomic mass is 10.0. The summed E-state index contributed by atoms with van der Waals surface area (Å²) in [5.41, 5.74) is 17.3. The minimum Gasteiger partial charge on any atom is -0.344 e. The van der Waals surface area contributed by atoms with Crippen molar-refractivity contribution < 1.29 is 0 Å². The van der Waals surface area contributed by atoms with Crippen molar-refractivity contribution in [3.8, 4) is 0 Å². The lowest BCUT2D eigenvalue weighted by Crippen LogP contribution is -2.26. The molecule has 0 spiro atoms. The van der Waals surface area contributed by atoms with Crippen molar-refractivity contribution in [2.75, 3.05) is 0 Å². The Labute approximate surface area is 265 Å². The van der Waals surface area contributed by atoms with E-state index in [9.17, 15) is 0 Å². The van der Waals surface area contributed by atoms with E-state index in [-0.39, 0.29) is 0 Å². The van der Waals surface area contributed by atoms with E-state index in [1.165, 1.54) is 88.7 Å². The van der Waals surface area contributed by atoms with Crippen LogP contribution < -0.4 is 21.4 Å². The molecule has 4 aromatic rings. The second-order valence-electron chi connectivity index (χ2n) is 12.6. The van der Waals surface area contributed by atoms with Crippen molar-refractivity contribution in [1.82, 2.24) is 18.3 Å². The summed E-state index contributed by atoms with van der Waals surface area (Å²) in [4.78, 5) is 0. The molecular weight excluding hydrogens is 536 g/mol. The van der Waals surface area contributed by atoms with E-state index in [0.717, 1.165) is 51.4 Å². The minimum atomic E-state index is 1.03. The smallest absolute Gasteiger partial charge is 0.0465 e. The van der Waals surface area contributed by atoms with Gasteiger partial charge < -0.3 is 18.3 Å². The maximum Gasteiger partial charge on any atom is 0.0465 e. The zero-order chi connectivity index (χ0) is 32.0. The Morgan fingerprint density at radius 1 is 0.295 bits per heavy atom. The van der Waals surface area contributed by atoms with Gasteiger partial charge in [-0.15, -0.1) is 0 Å². The van der Waals surface area contributed by atoms with Crippen molar-refractivity contribution in [1.29, 1.82) is 0 Å². The van der Waals surface area contributed by atoms with Gasteiger partial charge in [0, 0.05) is 72.4 Å². The molecule has 5 rings (SSSR count). The van der Waals surface area contributed by atoms with Crippen LogP contribution in [0.1, 0.15) is 123 Å². The molecule has 1 aliphatic heterocycles. The maximum absolute atomic E-state index is 2.51. The normalized spacial score (nSPS) is 12.6. The van der Waals surface area contributed by atoms with Crippen LogP contribution in [0, 0.1) is 0 Å². The van der Waals surface area contributed by atoms with Crippen molar-refractivity contribution in [3.05, 3.63) is 88.7 Å². The average Bonchev–Trinajstić information content (AvgIpc) is 3.64. The van der Waals surface area contributed by atoms with Crippen molar-refractivity contribution in [2.24, 2.45) is 28.2 Å². The molecule has 5 heterocycles. The molecule has 0 aliphatic carbocycles. The number of nitrogens with zero attached hydrogens (tertiary/aromatic N) is 4. The zero-order valence-electron chi connectivity index (χ0n) is 29.8. The minimum absolute atomic E-state index is 1.03. The molecular formula is C40H56N4. The molecule has 4 aromatic heterocycles. The predicted molar refractivity (Wildman–Crippen MR) is 189 cm³/mol. The first-order chi connectivity index (χ1) is 21.2. The first-order valence-electron chi connectivity index (χ1n) is 17.4. The fourth-order valence-corrected chi connectivity index (χ4v) is 8.52. The lowest BCUT2D eigenvalue weighted by Gasteiger charge is -2.06. The Kier molecular flexibility index (Phi) is 9.12. The van der Waals surface area contributed by atoms with Gasteiger partial charge in [0.2, 0.25) is 0 Å². The fourth-order valence-electron chi connectivity index (χ4n) is 8.52.